The molecule has 1 aromatic rings. The van der Waals surface area contributed by atoms with Crippen LogP contribution in [0.4, 0.5) is 0 Å². The highest BCUT2D eigenvalue weighted by Crippen LogP contribution is 2.04. The second-order valence-electron chi connectivity index (χ2n) is 4.23. The van der Waals surface area contributed by atoms with E-state index in [-0.39, 0.29) is 18.3 Å². The summed E-state index contributed by atoms with van der Waals surface area (Å²) in [4.78, 5) is 17.9. The van der Waals surface area contributed by atoms with Crippen LogP contribution in [0.2, 0.25) is 0 Å². The molecule has 2 rings (SSSR count). The average molecular weight is 256 g/mol. The molecule has 0 bridgehead atoms. The van der Waals surface area contributed by atoms with Crippen LogP contribution in [0.3, 0.4) is 0 Å². The number of aromatic nitrogens is 1. The van der Waals surface area contributed by atoms with Crippen LogP contribution in [0, 0.1) is 0 Å². The van der Waals surface area contributed by atoms with Crippen molar-refractivity contribution in [2.75, 3.05) is 19.6 Å². The van der Waals surface area contributed by atoms with Crippen LogP contribution in [0.5, 0.6) is 0 Å². The zero-order chi connectivity index (χ0) is 11.4. The summed E-state index contributed by atoms with van der Waals surface area (Å²) in [5, 5.41) is 3.32. The van der Waals surface area contributed by atoms with Gasteiger partial charge < -0.3 is 10.2 Å². The van der Waals surface area contributed by atoms with Gasteiger partial charge in [0.15, 0.2) is 0 Å². The van der Waals surface area contributed by atoms with Gasteiger partial charge in [0, 0.05) is 38.1 Å². The van der Waals surface area contributed by atoms with Crippen molar-refractivity contribution in [1.82, 2.24) is 15.2 Å². The van der Waals surface area contributed by atoms with Crippen LogP contribution in [-0.2, 0) is 11.2 Å². The molecule has 17 heavy (non-hydrogen) atoms. The number of halogens is 1. The molecule has 0 spiro atoms. The first-order chi connectivity index (χ1) is 7.75. The number of pyridine rings is 1. The number of carbonyl (C=O) groups is 1. The summed E-state index contributed by atoms with van der Waals surface area (Å²) in [6.45, 7) is 4.60. The average Bonchev–Trinajstić information content (AvgIpc) is 2.30. The maximum atomic E-state index is 12.0. The quantitative estimate of drug-likeness (QED) is 0.853. The van der Waals surface area contributed by atoms with Gasteiger partial charge in [-0.05, 0) is 18.6 Å². The van der Waals surface area contributed by atoms with E-state index in [2.05, 4.69) is 17.2 Å². The van der Waals surface area contributed by atoms with Crippen molar-refractivity contribution in [2.24, 2.45) is 0 Å². The van der Waals surface area contributed by atoms with Crippen LogP contribution in [-0.4, -0.2) is 41.5 Å². The first-order valence-electron chi connectivity index (χ1n) is 5.66. The summed E-state index contributed by atoms with van der Waals surface area (Å²) >= 11 is 0. The third-order valence-electron chi connectivity index (χ3n) is 2.80. The Balaban J connectivity index is 0.00000144. The zero-order valence-corrected chi connectivity index (χ0v) is 10.7. The minimum Gasteiger partial charge on any atom is -0.340 e. The molecular weight excluding hydrogens is 238 g/mol. The minimum atomic E-state index is 0. The molecule has 0 aliphatic carbocycles. The fourth-order valence-corrected chi connectivity index (χ4v) is 1.95. The molecule has 0 radical (unpaired) electrons. The number of amides is 1. The number of nitrogens with zero attached hydrogens (tertiary/aromatic N) is 2. The Labute approximate surface area is 108 Å². The molecule has 1 aliphatic rings. The van der Waals surface area contributed by atoms with Gasteiger partial charge in [-0.3, -0.25) is 9.78 Å². The van der Waals surface area contributed by atoms with Gasteiger partial charge in [0.2, 0.25) is 5.91 Å². The number of piperazine rings is 1. The van der Waals surface area contributed by atoms with Crippen molar-refractivity contribution >= 4 is 18.3 Å². The first-order valence-corrected chi connectivity index (χ1v) is 5.66. The summed E-state index contributed by atoms with van der Waals surface area (Å²) in [5.74, 6) is 0.196. The number of rotatable bonds is 2. The fourth-order valence-electron chi connectivity index (χ4n) is 1.95. The third kappa shape index (κ3) is 3.98. The lowest BCUT2D eigenvalue weighted by Gasteiger charge is -2.32. The number of hydrogen-bond acceptors (Lipinski definition) is 3. The van der Waals surface area contributed by atoms with Crippen molar-refractivity contribution in [3.8, 4) is 0 Å². The number of nitrogens with one attached hydrogen (secondary N) is 1. The van der Waals surface area contributed by atoms with Crippen molar-refractivity contribution in [2.45, 2.75) is 19.4 Å². The highest BCUT2D eigenvalue weighted by Gasteiger charge is 2.20. The predicted octanol–water partition coefficient (Wildman–Crippen LogP) is 0.866. The third-order valence-corrected chi connectivity index (χ3v) is 2.80. The van der Waals surface area contributed by atoms with E-state index in [4.69, 9.17) is 0 Å². The summed E-state index contributed by atoms with van der Waals surface area (Å²) in [7, 11) is 0. The maximum Gasteiger partial charge on any atom is 0.227 e. The molecule has 2 heterocycles. The fraction of sp³-hybridized carbons (Fsp3) is 0.500. The van der Waals surface area contributed by atoms with Crippen molar-refractivity contribution in [1.29, 1.82) is 0 Å². The van der Waals surface area contributed by atoms with Gasteiger partial charge in [-0.25, -0.2) is 0 Å². The van der Waals surface area contributed by atoms with Gasteiger partial charge in [-0.15, -0.1) is 12.4 Å². The first kappa shape index (κ1) is 13.9. The molecule has 1 aromatic heterocycles. The van der Waals surface area contributed by atoms with Crippen LogP contribution >= 0.6 is 12.4 Å². The molecule has 0 saturated carbocycles. The zero-order valence-electron chi connectivity index (χ0n) is 9.93. The summed E-state index contributed by atoms with van der Waals surface area (Å²) in [5.41, 5.74) is 0.985. The standard InChI is InChI=1S/C12H17N3O.ClH/c1-10-9-15(6-5-14-10)12(16)7-11-3-2-4-13-8-11;/h2-4,8,10,14H,5-7,9H2,1H3;1H/t10-;/m0./s1. The monoisotopic (exact) mass is 255 g/mol. The molecule has 5 heteroatoms. The second kappa shape index (κ2) is 6.57. The van der Waals surface area contributed by atoms with E-state index in [0.29, 0.717) is 12.5 Å². The van der Waals surface area contributed by atoms with Gasteiger partial charge >= 0.3 is 0 Å². The Morgan fingerprint density at radius 1 is 1.65 bits per heavy atom. The van der Waals surface area contributed by atoms with Crippen molar-refractivity contribution < 1.29 is 4.79 Å². The molecular formula is C12H18ClN3O. The largest absolute Gasteiger partial charge is 0.340 e. The molecule has 1 saturated heterocycles. The van der Waals surface area contributed by atoms with Crippen LogP contribution < -0.4 is 5.32 Å². The smallest absolute Gasteiger partial charge is 0.227 e. The molecule has 4 nitrogen and oxygen atoms in total. The highest BCUT2D eigenvalue weighted by molar-refractivity contribution is 5.85. The summed E-state index contributed by atoms with van der Waals surface area (Å²) in [6, 6.07) is 4.20. The normalized spacial score (nSPS) is 19.6. The van der Waals surface area contributed by atoms with Gasteiger partial charge in [0.1, 0.15) is 0 Å². The molecule has 1 amide bonds. The SMILES string of the molecule is C[C@H]1CN(C(=O)Cc2cccnc2)CCN1.Cl. The van der Waals surface area contributed by atoms with Gasteiger partial charge in [0.25, 0.3) is 0 Å². The number of hydrogen-bond donors (Lipinski definition) is 1. The molecule has 1 fully saturated rings. The minimum absolute atomic E-state index is 0. The predicted molar refractivity (Wildman–Crippen MR) is 69.2 cm³/mol. The molecule has 1 aliphatic heterocycles. The lowest BCUT2D eigenvalue weighted by atomic mass is 10.1. The van der Waals surface area contributed by atoms with Crippen LogP contribution in [0.25, 0.3) is 0 Å². The molecule has 0 aromatic carbocycles. The van der Waals surface area contributed by atoms with Crippen LogP contribution in [0.1, 0.15) is 12.5 Å². The molecule has 1 atom stereocenters. The Hall–Kier alpha value is -1.13. The Bertz CT molecular complexity index is 358. The number of carbonyl (C=O) groups excluding carboxylic acids is 1. The Kier molecular flexibility index (Phi) is 5.38. The van der Waals surface area contributed by atoms with Gasteiger partial charge in [-0.2, -0.15) is 0 Å². The Morgan fingerprint density at radius 3 is 3.12 bits per heavy atom. The topological polar surface area (TPSA) is 45.2 Å². The van der Waals surface area contributed by atoms with Crippen molar-refractivity contribution in [3.05, 3.63) is 30.1 Å². The van der Waals surface area contributed by atoms with Gasteiger partial charge in [-0.1, -0.05) is 6.07 Å². The van der Waals surface area contributed by atoms with E-state index in [1.165, 1.54) is 0 Å². The van der Waals surface area contributed by atoms with E-state index >= 15 is 0 Å². The molecule has 0 unspecified atom stereocenters. The highest BCUT2D eigenvalue weighted by atomic mass is 35.5. The van der Waals surface area contributed by atoms with Crippen molar-refractivity contribution in [3.63, 3.8) is 0 Å². The van der Waals surface area contributed by atoms with Gasteiger partial charge in [0.05, 0.1) is 6.42 Å². The second-order valence-corrected chi connectivity index (χ2v) is 4.23. The summed E-state index contributed by atoms with van der Waals surface area (Å²) < 4.78 is 0. The lowest BCUT2D eigenvalue weighted by molar-refractivity contribution is -0.131. The van der Waals surface area contributed by atoms with E-state index in [0.717, 1.165) is 25.2 Å². The maximum absolute atomic E-state index is 12.0. The molecule has 94 valence electrons. The lowest BCUT2D eigenvalue weighted by Crippen LogP contribution is -2.51. The van der Waals surface area contributed by atoms with E-state index in [1.54, 1.807) is 12.4 Å². The van der Waals surface area contributed by atoms with E-state index in [1.807, 2.05) is 17.0 Å². The van der Waals surface area contributed by atoms with E-state index < -0.39 is 0 Å². The summed E-state index contributed by atoms with van der Waals surface area (Å²) in [6.07, 6.45) is 3.94. The Morgan fingerprint density at radius 2 is 2.47 bits per heavy atom. The van der Waals surface area contributed by atoms with E-state index in [9.17, 15) is 4.79 Å². The molecule has 1 N–H and O–H groups in total. The van der Waals surface area contributed by atoms with Crippen LogP contribution in [0.15, 0.2) is 24.5 Å².